The van der Waals surface area contributed by atoms with E-state index < -0.39 is 0 Å². The van der Waals surface area contributed by atoms with E-state index in [1.165, 1.54) is 12.2 Å². The van der Waals surface area contributed by atoms with Gasteiger partial charge in [0, 0.05) is 12.0 Å². The van der Waals surface area contributed by atoms with Crippen LogP contribution in [0.2, 0.25) is 0 Å². The topological polar surface area (TPSA) is 34.1 Å². The Hall–Kier alpha value is -2.22. The van der Waals surface area contributed by atoms with Crippen LogP contribution in [-0.2, 0) is 4.79 Å². The Morgan fingerprint density at radius 3 is 2.53 bits per heavy atom. The van der Waals surface area contributed by atoms with Crippen LogP contribution in [0.15, 0.2) is 66.3 Å². The maximum absolute atomic E-state index is 11.7. The van der Waals surface area contributed by atoms with Gasteiger partial charge in [-0.1, -0.05) is 48.6 Å². The Balaban J connectivity index is 2.05. The fraction of sp³-hybridized carbons (Fsp3) is 0.0667. The van der Waals surface area contributed by atoms with Crippen molar-refractivity contribution in [3.8, 4) is 0 Å². The molecule has 0 aliphatic heterocycles. The van der Waals surface area contributed by atoms with Gasteiger partial charge >= 0.3 is 0 Å². The lowest BCUT2D eigenvalue weighted by Gasteiger charge is -2.00. The maximum Gasteiger partial charge on any atom is 0.185 e. The molecular weight excluding hydrogens is 212 g/mol. The highest BCUT2D eigenvalue weighted by atomic mass is 16.1. The predicted molar refractivity (Wildman–Crippen MR) is 66.8 cm³/mol. The average Bonchev–Trinajstić information content (AvgIpc) is 2.39. The van der Waals surface area contributed by atoms with Crippen LogP contribution in [0, 0.1) is 0 Å². The number of rotatable bonds is 3. The second-order valence-electron chi connectivity index (χ2n) is 3.77. The van der Waals surface area contributed by atoms with Crippen LogP contribution in [0.25, 0.3) is 0 Å². The number of hydrogen-bond donors (Lipinski definition) is 0. The summed E-state index contributed by atoms with van der Waals surface area (Å²) < 4.78 is 0. The quantitative estimate of drug-likeness (QED) is 0.584. The SMILES string of the molecule is O=C1C=CC(/C=C/C(=O)c2ccccc2)=CC1. The van der Waals surface area contributed by atoms with Crippen molar-refractivity contribution in [2.24, 2.45) is 0 Å². The Morgan fingerprint density at radius 2 is 1.88 bits per heavy atom. The Kier molecular flexibility index (Phi) is 3.46. The van der Waals surface area contributed by atoms with Crippen molar-refractivity contribution >= 4 is 11.6 Å². The second-order valence-corrected chi connectivity index (χ2v) is 3.77. The molecule has 0 heterocycles. The lowest BCUT2D eigenvalue weighted by molar-refractivity contribution is -0.113. The van der Waals surface area contributed by atoms with Crippen molar-refractivity contribution in [1.29, 1.82) is 0 Å². The minimum absolute atomic E-state index is 0.0307. The maximum atomic E-state index is 11.7. The van der Waals surface area contributed by atoms with Crippen LogP contribution in [0.3, 0.4) is 0 Å². The number of ketones is 2. The van der Waals surface area contributed by atoms with Gasteiger partial charge in [-0.05, 0) is 17.7 Å². The lowest BCUT2D eigenvalue weighted by Crippen LogP contribution is -1.96. The van der Waals surface area contributed by atoms with Crippen molar-refractivity contribution in [3.63, 3.8) is 0 Å². The number of carbonyl (C=O) groups is 2. The van der Waals surface area contributed by atoms with Crippen molar-refractivity contribution in [2.45, 2.75) is 6.42 Å². The highest BCUT2D eigenvalue weighted by Gasteiger charge is 2.02. The number of hydrogen-bond acceptors (Lipinski definition) is 2. The summed E-state index contributed by atoms with van der Waals surface area (Å²) in [6, 6.07) is 9.10. The summed E-state index contributed by atoms with van der Waals surface area (Å²) in [5.74, 6) is 0.0633. The fourth-order valence-electron chi connectivity index (χ4n) is 1.54. The minimum atomic E-state index is -0.0307. The monoisotopic (exact) mass is 224 g/mol. The molecule has 0 atom stereocenters. The van der Waals surface area contributed by atoms with Crippen LogP contribution in [0.5, 0.6) is 0 Å². The molecule has 0 aromatic heterocycles. The normalized spacial score (nSPS) is 15.1. The molecule has 2 heteroatoms. The molecule has 1 aliphatic rings. The summed E-state index contributed by atoms with van der Waals surface area (Å²) in [5.41, 5.74) is 1.56. The third kappa shape index (κ3) is 3.11. The van der Waals surface area contributed by atoms with Gasteiger partial charge in [0.2, 0.25) is 0 Å². The molecule has 0 fully saturated rings. The predicted octanol–water partition coefficient (Wildman–Crippen LogP) is 2.88. The van der Waals surface area contributed by atoms with Crippen LogP contribution in [0.1, 0.15) is 16.8 Å². The highest BCUT2D eigenvalue weighted by Crippen LogP contribution is 2.09. The molecule has 1 aromatic carbocycles. The van der Waals surface area contributed by atoms with Gasteiger partial charge in [-0.25, -0.2) is 0 Å². The van der Waals surface area contributed by atoms with Gasteiger partial charge in [0.15, 0.2) is 11.6 Å². The molecular formula is C15H12O2. The van der Waals surface area contributed by atoms with Gasteiger partial charge < -0.3 is 0 Å². The Labute approximate surface area is 100.0 Å². The molecule has 2 nitrogen and oxygen atoms in total. The number of allylic oxidation sites excluding steroid dienone is 6. The molecule has 1 aliphatic carbocycles. The first-order chi connectivity index (χ1) is 8.25. The molecule has 0 radical (unpaired) electrons. The fourth-order valence-corrected chi connectivity index (χ4v) is 1.54. The Bertz CT molecular complexity index is 519. The molecule has 0 unspecified atom stereocenters. The molecule has 0 bridgehead atoms. The van der Waals surface area contributed by atoms with Gasteiger partial charge in [0.25, 0.3) is 0 Å². The smallest absolute Gasteiger partial charge is 0.185 e. The molecule has 0 saturated heterocycles. The largest absolute Gasteiger partial charge is 0.295 e. The molecule has 0 saturated carbocycles. The third-order valence-corrected chi connectivity index (χ3v) is 2.49. The van der Waals surface area contributed by atoms with Crippen LogP contribution < -0.4 is 0 Å². The lowest BCUT2D eigenvalue weighted by atomic mass is 10.0. The van der Waals surface area contributed by atoms with Gasteiger partial charge in [-0.15, -0.1) is 0 Å². The van der Waals surface area contributed by atoms with Gasteiger partial charge in [-0.2, -0.15) is 0 Å². The average molecular weight is 224 g/mol. The van der Waals surface area contributed by atoms with Crippen molar-refractivity contribution in [1.82, 2.24) is 0 Å². The summed E-state index contributed by atoms with van der Waals surface area (Å²) in [7, 11) is 0. The number of carbonyl (C=O) groups excluding carboxylic acids is 2. The van der Waals surface area contributed by atoms with Crippen molar-refractivity contribution in [3.05, 3.63) is 71.8 Å². The van der Waals surface area contributed by atoms with E-state index in [2.05, 4.69) is 0 Å². The van der Waals surface area contributed by atoms with Crippen LogP contribution in [-0.4, -0.2) is 11.6 Å². The zero-order chi connectivity index (χ0) is 12.1. The molecule has 84 valence electrons. The van der Waals surface area contributed by atoms with Crippen LogP contribution in [0.4, 0.5) is 0 Å². The van der Waals surface area contributed by atoms with E-state index in [-0.39, 0.29) is 11.6 Å². The summed E-state index contributed by atoms with van der Waals surface area (Å²) in [5, 5.41) is 0. The summed E-state index contributed by atoms with van der Waals surface area (Å²) >= 11 is 0. The summed E-state index contributed by atoms with van der Waals surface area (Å²) in [6.07, 6.45) is 8.75. The highest BCUT2D eigenvalue weighted by molar-refractivity contribution is 6.04. The van der Waals surface area contributed by atoms with E-state index in [0.717, 1.165) is 5.57 Å². The van der Waals surface area contributed by atoms with Gasteiger partial charge in [0.05, 0.1) is 0 Å². The van der Waals surface area contributed by atoms with E-state index in [9.17, 15) is 9.59 Å². The van der Waals surface area contributed by atoms with E-state index in [1.807, 2.05) is 24.3 Å². The van der Waals surface area contributed by atoms with Crippen molar-refractivity contribution in [2.75, 3.05) is 0 Å². The first kappa shape index (κ1) is 11.3. The molecule has 1 aromatic rings. The summed E-state index contributed by atoms with van der Waals surface area (Å²) in [4.78, 5) is 22.7. The minimum Gasteiger partial charge on any atom is -0.295 e. The van der Waals surface area contributed by atoms with E-state index >= 15 is 0 Å². The van der Waals surface area contributed by atoms with Gasteiger partial charge in [-0.3, -0.25) is 9.59 Å². The zero-order valence-corrected chi connectivity index (χ0v) is 9.30. The number of benzene rings is 1. The zero-order valence-electron chi connectivity index (χ0n) is 9.30. The summed E-state index contributed by atoms with van der Waals surface area (Å²) in [6.45, 7) is 0. The second kappa shape index (κ2) is 5.21. The third-order valence-electron chi connectivity index (χ3n) is 2.49. The molecule has 0 spiro atoms. The molecule has 0 N–H and O–H groups in total. The van der Waals surface area contributed by atoms with Crippen molar-refractivity contribution < 1.29 is 9.59 Å². The first-order valence-electron chi connectivity index (χ1n) is 5.44. The molecule has 2 rings (SSSR count). The Morgan fingerprint density at radius 1 is 1.12 bits per heavy atom. The van der Waals surface area contributed by atoms with E-state index in [1.54, 1.807) is 24.3 Å². The molecule has 0 amide bonds. The molecule has 17 heavy (non-hydrogen) atoms. The van der Waals surface area contributed by atoms with E-state index in [4.69, 9.17) is 0 Å². The van der Waals surface area contributed by atoms with E-state index in [0.29, 0.717) is 12.0 Å². The van der Waals surface area contributed by atoms with Gasteiger partial charge in [0.1, 0.15) is 0 Å². The first-order valence-corrected chi connectivity index (χ1v) is 5.44. The standard InChI is InChI=1S/C15H12O2/c16-14-9-6-12(7-10-14)8-11-15(17)13-4-2-1-3-5-13/h1-9,11H,10H2/b11-8+. The van der Waals surface area contributed by atoms with Crippen LogP contribution >= 0.6 is 0 Å².